The molecule has 1 aromatic heterocycles. The first kappa shape index (κ1) is 18.4. The van der Waals surface area contributed by atoms with Gasteiger partial charge in [-0.15, -0.1) is 0 Å². The number of aromatic nitrogens is 2. The lowest BCUT2D eigenvalue weighted by Gasteiger charge is -2.22. The largest absolute Gasteiger partial charge is 0.481 e. The fraction of sp³-hybridized carbons (Fsp3) is 0.667. The molecule has 1 aliphatic carbocycles. The van der Waals surface area contributed by atoms with Crippen molar-refractivity contribution in [2.45, 2.75) is 58.0 Å². The molecule has 0 bridgehead atoms. The lowest BCUT2D eigenvalue weighted by molar-refractivity contribution is -0.147. The molecule has 26 heavy (non-hydrogen) atoms. The van der Waals surface area contributed by atoms with Crippen LogP contribution in [0.5, 0.6) is 0 Å². The maximum atomic E-state index is 12.6. The van der Waals surface area contributed by atoms with Crippen LogP contribution in [0.4, 0.5) is 0 Å². The summed E-state index contributed by atoms with van der Waals surface area (Å²) < 4.78 is 1.46. The average Bonchev–Trinajstić information content (AvgIpc) is 3.23. The molecule has 2 fully saturated rings. The third-order valence-electron chi connectivity index (χ3n) is 5.43. The van der Waals surface area contributed by atoms with Crippen LogP contribution in [0.1, 0.15) is 55.8 Å². The molecule has 1 aromatic rings. The number of carbonyl (C=O) groups excluding carboxylic acids is 2. The van der Waals surface area contributed by atoms with Gasteiger partial charge in [-0.05, 0) is 26.2 Å². The number of likely N-dealkylation sites (tertiary alicyclic amines) is 1. The molecule has 142 valence electrons. The summed E-state index contributed by atoms with van der Waals surface area (Å²) in [7, 11) is 0. The second-order valence-corrected chi connectivity index (χ2v) is 7.67. The zero-order valence-corrected chi connectivity index (χ0v) is 15.1. The molecule has 1 atom stereocenters. The number of carboxylic acids is 1. The average molecular weight is 362 g/mol. The van der Waals surface area contributed by atoms with Gasteiger partial charge in [0.25, 0.3) is 5.91 Å². The number of nitrogens with zero attached hydrogens (tertiary/aromatic N) is 3. The molecule has 1 unspecified atom stereocenters. The van der Waals surface area contributed by atoms with E-state index < -0.39 is 11.4 Å². The number of hydrogen-bond donors (Lipinski definition) is 2. The third kappa shape index (κ3) is 4.05. The van der Waals surface area contributed by atoms with Crippen LogP contribution in [-0.4, -0.2) is 56.7 Å². The molecule has 0 aromatic carbocycles. The van der Waals surface area contributed by atoms with Crippen molar-refractivity contribution in [3.8, 4) is 0 Å². The van der Waals surface area contributed by atoms with Gasteiger partial charge in [-0.25, -0.2) is 0 Å². The molecule has 2 heterocycles. The van der Waals surface area contributed by atoms with Crippen molar-refractivity contribution in [1.82, 2.24) is 20.0 Å². The van der Waals surface area contributed by atoms with Gasteiger partial charge < -0.3 is 15.3 Å². The molecule has 8 heteroatoms. The molecule has 1 aliphatic heterocycles. The Balaban J connectivity index is 1.55. The van der Waals surface area contributed by atoms with Crippen LogP contribution >= 0.6 is 0 Å². The van der Waals surface area contributed by atoms with Crippen LogP contribution in [0.25, 0.3) is 0 Å². The first-order chi connectivity index (χ1) is 12.4. The minimum atomic E-state index is -0.897. The second-order valence-electron chi connectivity index (χ2n) is 7.67. The van der Waals surface area contributed by atoms with Crippen molar-refractivity contribution in [2.24, 2.45) is 5.41 Å². The molecule has 8 nitrogen and oxygen atoms in total. The first-order valence-electron chi connectivity index (χ1n) is 9.22. The molecule has 1 saturated heterocycles. The Labute approximate surface area is 152 Å². The zero-order valence-electron chi connectivity index (χ0n) is 15.1. The topological polar surface area (TPSA) is 105 Å². The Morgan fingerprint density at radius 2 is 2.04 bits per heavy atom. The summed E-state index contributed by atoms with van der Waals surface area (Å²) in [5.41, 5.74) is -0.518. The maximum Gasteiger partial charge on any atom is 0.311 e. The van der Waals surface area contributed by atoms with Gasteiger partial charge in [0.2, 0.25) is 5.91 Å². The Hall–Kier alpha value is -2.38. The van der Waals surface area contributed by atoms with E-state index in [0.29, 0.717) is 18.5 Å². The van der Waals surface area contributed by atoms with Crippen molar-refractivity contribution in [3.05, 3.63) is 18.0 Å². The summed E-state index contributed by atoms with van der Waals surface area (Å²) in [5, 5.41) is 16.4. The van der Waals surface area contributed by atoms with E-state index in [2.05, 4.69) is 10.4 Å². The van der Waals surface area contributed by atoms with E-state index in [1.807, 2.05) is 0 Å². The number of nitrogens with one attached hydrogen (secondary N) is 1. The van der Waals surface area contributed by atoms with E-state index in [-0.39, 0.29) is 30.9 Å². The Morgan fingerprint density at radius 3 is 2.69 bits per heavy atom. The summed E-state index contributed by atoms with van der Waals surface area (Å²) >= 11 is 0. The van der Waals surface area contributed by atoms with Gasteiger partial charge in [-0.3, -0.25) is 19.1 Å². The van der Waals surface area contributed by atoms with Crippen LogP contribution in [0.3, 0.4) is 0 Å². The fourth-order valence-corrected chi connectivity index (χ4v) is 3.72. The van der Waals surface area contributed by atoms with E-state index in [9.17, 15) is 19.5 Å². The Morgan fingerprint density at radius 1 is 1.31 bits per heavy atom. The summed E-state index contributed by atoms with van der Waals surface area (Å²) in [6, 6.07) is 0.242. The molecule has 2 N–H and O–H groups in total. The van der Waals surface area contributed by atoms with Gasteiger partial charge in [0.05, 0.1) is 17.2 Å². The van der Waals surface area contributed by atoms with Gasteiger partial charge in [-0.2, -0.15) is 5.10 Å². The van der Waals surface area contributed by atoms with Crippen LogP contribution in [0.2, 0.25) is 0 Å². The van der Waals surface area contributed by atoms with Crippen LogP contribution in [-0.2, 0) is 16.1 Å². The van der Waals surface area contributed by atoms with Crippen molar-refractivity contribution < 1.29 is 19.5 Å². The van der Waals surface area contributed by atoms with E-state index in [0.717, 1.165) is 25.7 Å². The Kier molecular flexibility index (Phi) is 5.29. The van der Waals surface area contributed by atoms with Crippen LogP contribution < -0.4 is 5.32 Å². The normalized spacial score (nSPS) is 23.8. The number of carboxylic acid groups (broad SMARTS) is 1. The smallest absolute Gasteiger partial charge is 0.311 e. The highest BCUT2D eigenvalue weighted by Gasteiger charge is 2.42. The predicted octanol–water partition coefficient (Wildman–Crippen LogP) is 1.27. The quantitative estimate of drug-likeness (QED) is 0.821. The van der Waals surface area contributed by atoms with Gasteiger partial charge >= 0.3 is 5.97 Å². The lowest BCUT2D eigenvalue weighted by Crippen LogP contribution is -2.38. The molecule has 2 aliphatic rings. The van der Waals surface area contributed by atoms with Crippen LogP contribution in [0, 0.1) is 5.41 Å². The highest BCUT2D eigenvalue weighted by molar-refractivity contribution is 5.94. The van der Waals surface area contributed by atoms with Crippen molar-refractivity contribution in [3.63, 3.8) is 0 Å². The fourth-order valence-electron chi connectivity index (χ4n) is 3.72. The SMILES string of the molecule is CC1(C(=O)O)CCN(C(=O)c2cnn(CC(=O)NC3CCCCC3)c2)C1. The van der Waals surface area contributed by atoms with Crippen molar-refractivity contribution in [2.75, 3.05) is 13.1 Å². The van der Waals surface area contributed by atoms with Gasteiger partial charge in [0, 0.05) is 25.3 Å². The monoisotopic (exact) mass is 362 g/mol. The predicted molar refractivity (Wildman–Crippen MR) is 93.5 cm³/mol. The van der Waals surface area contributed by atoms with E-state index in [4.69, 9.17) is 0 Å². The number of hydrogen-bond acceptors (Lipinski definition) is 4. The molecule has 3 rings (SSSR count). The van der Waals surface area contributed by atoms with Gasteiger partial charge in [0.15, 0.2) is 0 Å². The van der Waals surface area contributed by atoms with E-state index in [1.54, 1.807) is 13.1 Å². The van der Waals surface area contributed by atoms with Gasteiger partial charge in [0.1, 0.15) is 6.54 Å². The lowest BCUT2D eigenvalue weighted by atomic mass is 9.90. The molecule has 0 spiro atoms. The maximum absolute atomic E-state index is 12.6. The highest BCUT2D eigenvalue weighted by Crippen LogP contribution is 2.30. The molecule has 1 saturated carbocycles. The number of aliphatic carboxylic acids is 1. The Bertz CT molecular complexity index is 695. The highest BCUT2D eigenvalue weighted by atomic mass is 16.4. The van der Waals surface area contributed by atoms with Crippen molar-refractivity contribution >= 4 is 17.8 Å². The molecular formula is C18H26N4O4. The van der Waals surface area contributed by atoms with Gasteiger partial charge in [-0.1, -0.05) is 19.3 Å². The number of rotatable bonds is 5. The molecule has 0 radical (unpaired) electrons. The molecular weight excluding hydrogens is 336 g/mol. The number of carbonyl (C=O) groups is 3. The summed E-state index contributed by atoms with van der Waals surface area (Å²) in [4.78, 5) is 37.6. The summed E-state index contributed by atoms with van der Waals surface area (Å²) in [6.07, 6.45) is 9.00. The minimum Gasteiger partial charge on any atom is -0.481 e. The molecule has 2 amide bonds. The first-order valence-corrected chi connectivity index (χ1v) is 9.22. The standard InChI is InChI=1S/C18H26N4O4/c1-18(17(25)26)7-8-21(12-18)16(24)13-9-19-22(10-13)11-15(23)20-14-5-3-2-4-6-14/h9-10,14H,2-8,11-12H2,1H3,(H,20,23)(H,25,26). The summed E-state index contributed by atoms with van der Waals surface area (Å²) in [6.45, 7) is 2.34. The number of amides is 2. The van der Waals surface area contributed by atoms with Crippen LogP contribution in [0.15, 0.2) is 12.4 Å². The van der Waals surface area contributed by atoms with E-state index >= 15 is 0 Å². The minimum absolute atomic E-state index is 0.0800. The second kappa shape index (κ2) is 7.47. The van der Waals surface area contributed by atoms with Crippen molar-refractivity contribution in [1.29, 1.82) is 0 Å². The zero-order chi connectivity index (χ0) is 18.7. The summed E-state index contributed by atoms with van der Waals surface area (Å²) in [5.74, 6) is -1.23. The third-order valence-corrected chi connectivity index (χ3v) is 5.43. The van der Waals surface area contributed by atoms with E-state index in [1.165, 1.54) is 22.2 Å².